The molecule has 0 unspecified atom stereocenters. The molecule has 2 aromatic rings. The maximum absolute atomic E-state index is 6.20. The summed E-state index contributed by atoms with van der Waals surface area (Å²) in [5.74, 6) is 0. The highest BCUT2D eigenvalue weighted by atomic mass is 35.5. The number of aryl methyl sites for hydroxylation is 1. The van der Waals surface area contributed by atoms with Gasteiger partial charge in [0, 0.05) is 6.42 Å². The molecule has 2 aromatic carbocycles. The highest BCUT2D eigenvalue weighted by Crippen LogP contribution is 2.32. The van der Waals surface area contributed by atoms with Crippen molar-refractivity contribution in [3.05, 3.63) is 67.1 Å². The molecule has 0 aliphatic heterocycles. The van der Waals surface area contributed by atoms with Crippen LogP contribution < -0.4 is 0 Å². The van der Waals surface area contributed by atoms with Crippen LogP contribution in [0.15, 0.2) is 30.3 Å². The molecule has 0 saturated heterocycles. The van der Waals surface area contributed by atoms with E-state index >= 15 is 0 Å². The molecular formula is C14H10Cl4. The maximum Gasteiger partial charge on any atom is 0.0627 e. The minimum absolute atomic E-state index is 0.545. The summed E-state index contributed by atoms with van der Waals surface area (Å²) in [4.78, 5) is 0. The van der Waals surface area contributed by atoms with Gasteiger partial charge in [0.25, 0.3) is 0 Å². The lowest BCUT2D eigenvalue weighted by Gasteiger charge is -2.10. The van der Waals surface area contributed by atoms with E-state index in [2.05, 4.69) is 0 Å². The Balaban J connectivity index is 2.43. The zero-order valence-electron chi connectivity index (χ0n) is 9.61. The Bertz CT molecular complexity index is 591. The lowest BCUT2D eigenvalue weighted by atomic mass is 10.0. The maximum atomic E-state index is 6.20. The summed E-state index contributed by atoms with van der Waals surface area (Å²) in [6.45, 7) is 1.98. The SMILES string of the molecule is Cc1cc(Cl)c(Cl)c(Cc2cccc(Cl)c2Cl)c1. The van der Waals surface area contributed by atoms with Gasteiger partial charge in [0.2, 0.25) is 0 Å². The fraction of sp³-hybridized carbons (Fsp3) is 0.143. The smallest absolute Gasteiger partial charge is 0.0627 e. The van der Waals surface area contributed by atoms with Crippen molar-refractivity contribution in [2.45, 2.75) is 13.3 Å². The van der Waals surface area contributed by atoms with Gasteiger partial charge in [-0.15, -0.1) is 0 Å². The van der Waals surface area contributed by atoms with Crippen molar-refractivity contribution in [3.8, 4) is 0 Å². The van der Waals surface area contributed by atoms with E-state index in [0.717, 1.165) is 16.7 Å². The third-order valence-corrected chi connectivity index (χ3v) is 4.36. The summed E-state index contributed by atoms with van der Waals surface area (Å²) in [6, 6.07) is 9.41. The molecule has 0 aliphatic carbocycles. The van der Waals surface area contributed by atoms with Crippen LogP contribution in [0.4, 0.5) is 0 Å². The highest BCUT2D eigenvalue weighted by molar-refractivity contribution is 6.43. The van der Waals surface area contributed by atoms with Crippen LogP contribution in [0.2, 0.25) is 20.1 Å². The van der Waals surface area contributed by atoms with E-state index in [-0.39, 0.29) is 0 Å². The summed E-state index contributed by atoms with van der Waals surface area (Å²) in [5, 5.41) is 2.24. The fourth-order valence-corrected chi connectivity index (χ4v) is 2.67. The van der Waals surface area contributed by atoms with Gasteiger partial charge in [-0.1, -0.05) is 64.6 Å². The molecule has 0 spiro atoms. The van der Waals surface area contributed by atoms with Crippen molar-refractivity contribution >= 4 is 46.4 Å². The van der Waals surface area contributed by atoms with E-state index in [1.165, 1.54) is 0 Å². The van der Waals surface area contributed by atoms with Crippen molar-refractivity contribution in [3.63, 3.8) is 0 Å². The van der Waals surface area contributed by atoms with Crippen molar-refractivity contribution in [2.24, 2.45) is 0 Å². The Kier molecular flexibility index (Phi) is 4.45. The van der Waals surface area contributed by atoms with Gasteiger partial charge in [0.05, 0.1) is 20.1 Å². The summed E-state index contributed by atoms with van der Waals surface area (Å²) in [5.41, 5.74) is 2.95. The predicted octanol–water partition coefficient (Wildman–Crippen LogP) is 6.20. The number of hydrogen-bond donors (Lipinski definition) is 0. The predicted molar refractivity (Wildman–Crippen MR) is 80.5 cm³/mol. The Morgan fingerprint density at radius 1 is 0.833 bits per heavy atom. The Morgan fingerprint density at radius 2 is 1.50 bits per heavy atom. The molecular weight excluding hydrogens is 310 g/mol. The average Bonchev–Trinajstić information content (AvgIpc) is 2.31. The first kappa shape index (κ1) is 14.0. The van der Waals surface area contributed by atoms with Gasteiger partial charge in [0.1, 0.15) is 0 Å². The van der Waals surface area contributed by atoms with Gasteiger partial charge in [-0.25, -0.2) is 0 Å². The van der Waals surface area contributed by atoms with Gasteiger partial charge >= 0.3 is 0 Å². The third-order valence-electron chi connectivity index (χ3n) is 2.66. The molecule has 94 valence electrons. The van der Waals surface area contributed by atoms with Gasteiger partial charge in [-0.2, -0.15) is 0 Å². The molecule has 0 fully saturated rings. The monoisotopic (exact) mass is 318 g/mol. The zero-order chi connectivity index (χ0) is 13.3. The molecule has 2 rings (SSSR count). The molecule has 18 heavy (non-hydrogen) atoms. The van der Waals surface area contributed by atoms with Crippen LogP contribution in [-0.2, 0) is 6.42 Å². The van der Waals surface area contributed by atoms with Crippen LogP contribution >= 0.6 is 46.4 Å². The first-order valence-corrected chi connectivity index (χ1v) is 6.87. The van der Waals surface area contributed by atoms with Crippen molar-refractivity contribution in [2.75, 3.05) is 0 Å². The van der Waals surface area contributed by atoms with Gasteiger partial charge in [-0.3, -0.25) is 0 Å². The summed E-state index contributed by atoms with van der Waals surface area (Å²) in [7, 11) is 0. The highest BCUT2D eigenvalue weighted by Gasteiger charge is 2.10. The molecule has 0 saturated carbocycles. The van der Waals surface area contributed by atoms with Gasteiger partial charge in [-0.05, 0) is 35.7 Å². The lowest BCUT2D eigenvalue weighted by molar-refractivity contribution is 1.18. The molecule has 0 bridgehead atoms. The Labute approximate surface area is 126 Å². The molecule has 0 nitrogen and oxygen atoms in total. The first-order chi connectivity index (χ1) is 8.49. The van der Waals surface area contributed by atoms with Crippen LogP contribution in [0.1, 0.15) is 16.7 Å². The minimum Gasteiger partial charge on any atom is -0.0827 e. The average molecular weight is 320 g/mol. The Morgan fingerprint density at radius 3 is 2.22 bits per heavy atom. The number of benzene rings is 2. The molecule has 0 aromatic heterocycles. The van der Waals surface area contributed by atoms with Crippen molar-refractivity contribution < 1.29 is 0 Å². The quantitative estimate of drug-likeness (QED) is 0.618. The van der Waals surface area contributed by atoms with Crippen LogP contribution in [0.3, 0.4) is 0 Å². The van der Waals surface area contributed by atoms with Crippen LogP contribution in [0.25, 0.3) is 0 Å². The lowest BCUT2D eigenvalue weighted by Crippen LogP contribution is -1.93. The summed E-state index contributed by atoms with van der Waals surface area (Å²) < 4.78 is 0. The molecule has 0 N–H and O–H groups in total. The zero-order valence-corrected chi connectivity index (χ0v) is 12.6. The molecule has 0 heterocycles. The molecule has 0 radical (unpaired) electrons. The van der Waals surface area contributed by atoms with Crippen molar-refractivity contribution in [1.82, 2.24) is 0 Å². The fourth-order valence-electron chi connectivity index (χ4n) is 1.82. The van der Waals surface area contributed by atoms with Crippen LogP contribution in [-0.4, -0.2) is 0 Å². The van der Waals surface area contributed by atoms with Gasteiger partial charge < -0.3 is 0 Å². The molecule has 4 heteroatoms. The van der Waals surface area contributed by atoms with Crippen LogP contribution in [0.5, 0.6) is 0 Å². The Hall–Kier alpha value is -0.400. The standard InChI is InChI=1S/C14H10Cl4/c1-8-5-10(14(18)12(16)6-8)7-9-3-2-4-11(15)13(9)17/h2-6H,7H2,1H3. The van der Waals surface area contributed by atoms with E-state index in [9.17, 15) is 0 Å². The second-order valence-corrected chi connectivity index (χ2v) is 5.68. The van der Waals surface area contributed by atoms with E-state index in [1.807, 2.05) is 31.2 Å². The second-order valence-electron chi connectivity index (χ2n) is 4.11. The normalized spacial score (nSPS) is 10.7. The van der Waals surface area contributed by atoms with Gasteiger partial charge in [0.15, 0.2) is 0 Å². The number of hydrogen-bond acceptors (Lipinski definition) is 0. The largest absolute Gasteiger partial charge is 0.0827 e. The molecule has 0 aliphatic rings. The van der Waals surface area contributed by atoms with E-state index in [0.29, 0.717) is 26.5 Å². The number of halogens is 4. The molecule has 0 atom stereocenters. The molecule has 0 amide bonds. The van der Waals surface area contributed by atoms with E-state index < -0.39 is 0 Å². The topological polar surface area (TPSA) is 0 Å². The van der Waals surface area contributed by atoms with E-state index in [1.54, 1.807) is 6.07 Å². The third kappa shape index (κ3) is 2.95. The first-order valence-electron chi connectivity index (χ1n) is 5.36. The van der Waals surface area contributed by atoms with Crippen LogP contribution in [0, 0.1) is 6.92 Å². The summed E-state index contributed by atoms with van der Waals surface area (Å²) >= 11 is 24.4. The summed E-state index contributed by atoms with van der Waals surface area (Å²) in [6.07, 6.45) is 0.611. The second kappa shape index (κ2) is 5.71. The van der Waals surface area contributed by atoms with E-state index in [4.69, 9.17) is 46.4 Å². The van der Waals surface area contributed by atoms with Crippen molar-refractivity contribution in [1.29, 1.82) is 0 Å². The minimum atomic E-state index is 0.545. The number of rotatable bonds is 2.